The van der Waals surface area contributed by atoms with E-state index in [9.17, 15) is 0 Å². The molecule has 0 fully saturated rings. The summed E-state index contributed by atoms with van der Waals surface area (Å²) in [6.45, 7) is 6.54. The summed E-state index contributed by atoms with van der Waals surface area (Å²) in [6, 6.07) is 6.32. The van der Waals surface area contributed by atoms with Gasteiger partial charge in [0.15, 0.2) is 5.82 Å². The monoisotopic (exact) mass is 308 g/mol. The summed E-state index contributed by atoms with van der Waals surface area (Å²) in [7, 11) is 1.92. The van der Waals surface area contributed by atoms with Crippen LogP contribution in [0.15, 0.2) is 24.5 Å². The minimum atomic E-state index is 0.250. The van der Waals surface area contributed by atoms with Gasteiger partial charge in [-0.25, -0.2) is 9.67 Å². The minimum Gasteiger partial charge on any atom is -0.484 e. The van der Waals surface area contributed by atoms with Crippen molar-refractivity contribution in [3.05, 3.63) is 40.9 Å². The van der Waals surface area contributed by atoms with E-state index in [0.29, 0.717) is 17.4 Å². The quantitative estimate of drug-likeness (QED) is 0.889. The summed E-state index contributed by atoms with van der Waals surface area (Å²) in [5, 5.41) is 7.97. The molecule has 0 radical (unpaired) electrons. The zero-order chi connectivity index (χ0) is 15.4. The Morgan fingerprint density at radius 2 is 2.10 bits per heavy atom. The molecule has 1 N–H and O–H groups in total. The maximum Gasteiger partial charge on any atom is 0.165 e. The van der Waals surface area contributed by atoms with Crippen molar-refractivity contribution in [3.8, 4) is 5.75 Å². The number of nitrogens with zero attached hydrogens (tertiary/aromatic N) is 3. The first-order valence-electron chi connectivity index (χ1n) is 7.00. The Hall–Kier alpha value is -1.59. The maximum absolute atomic E-state index is 6.28. The van der Waals surface area contributed by atoms with E-state index in [4.69, 9.17) is 16.3 Å². The number of hydrogen-bond acceptors (Lipinski definition) is 4. The topological polar surface area (TPSA) is 52.0 Å². The van der Waals surface area contributed by atoms with Crippen LogP contribution < -0.4 is 10.1 Å². The van der Waals surface area contributed by atoms with Gasteiger partial charge in [-0.05, 0) is 45.5 Å². The molecule has 5 nitrogen and oxygen atoms in total. The summed E-state index contributed by atoms with van der Waals surface area (Å²) in [5.74, 6) is 1.44. The van der Waals surface area contributed by atoms with Crippen molar-refractivity contribution in [1.29, 1.82) is 0 Å². The molecule has 0 saturated heterocycles. The van der Waals surface area contributed by atoms with Crippen LogP contribution in [0.2, 0.25) is 5.02 Å². The fourth-order valence-corrected chi connectivity index (χ4v) is 2.26. The van der Waals surface area contributed by atoms with Crippen LogP contribution in [0, 0.1) is 0 Å². The molecule has 0 aliphatic carbocycles. The van der Waals surface area contributed by atoms with E-state index in [1.807, 2.05) is 29.9 Å². The highest BCUT2D eigenvalue weighted by molar-refractivity contribution is 6.32. The molecule has 114 valence electrons. The molecule has 6 heteroatoms. The van der Waals surface area contributed by atoms with E-state index in [-0.39, 0.29) is 12.1 Å². The van der Waals surface area contributed by atoms with Crippen LogP contribution in [0.5, 0.6) is 5.75 Å². The normalized spacial score (nSPS) is 12.7. The standard InChI is InChI=1S/C15H21ClN4O/c1-10(2)20-15(18-9-19-20)8-21-14-6-5-12(7-13(14)16)11(3)17-4/h5-7,9-11,17H,8H2,1-4H3. The zero-order valence-corrected chi connectivity index (χ0v) is 13.6. The van der Waals surface area contributed by atoms with Gasteiger partial charge in [0.2, 0.25) is 0 Å². The third-order valence-electron chi connectivity index (χ3n) is 3.38. The summed E-state index contributed by atoms with van der Waals surface area (Å²) >= 11 is 6.28. The largest absolute Gasteiger partial charge is 0.484 e. The fourth-order valence-electron chi connectivity index (χ4n) is 2.02. The first-order valence-corrected chi connectivity index (χ1v) is 7.38. The molecule has 2 rings (SSSR count). The second-order valence-corrected chi connectivity index (χ2v) is 5.61. The summed E-state index contributed by atoms with van der Waals surface area (Å²) in [5.41, 5.74) is 1.13. The number of hydrogen-bond donors (Lipinski definition) is 1. The molecule has 1 aromatic heterocycles. The Kier molecular flexibility index (Phi) is 5.20. The highest BCUT2D eigenvalue weighted by atomic mass is 35.5. The van der Waals surface area contributed by atoms with E-state index in [1.54, 1.807) is 0 Å². The zero-order valence-electron chi connectivity index (χ0n) is 12.8. The maximum atomic E-state index is 6.28. The predicted molar refractivity (Wildman–Crippen MR) is 83.7 cm³/mol. The van der Waals surface area contributed by atoms with Crippen molar-refractivity contribution in [1.82, 2.24) is 20.1 Å². The van der Waals surface area contributed by atoms with Crippen molar-refractivity contribution in [3.63, 3.8) is 0 Å². The van der Waals surface area contributed by atoms with Crippen LogP contribution >= 0.6 is 11.6 Å². The van der Waals surface area contributed by atoms with Crippen molar-refractivity contribution >= 4 is 11.6 Å². The van der Waals surface area contributed by atoms with Gasteiger partial charge in [0.25, 0.3) is 0 Å². The Morgan fingerprint density at radius 1 is 1.33 bits per heavy atom. The van der Waals surface area contributed by atoms with Crippen LogP contribution in [-0.2, 0) is 6.61 Å². The van der Waals surface area contributed by atoms with Gasteiger partial charge in [0, 0.05) is 12.1 Å². The molecule has 2 aromatic rings. The molecule has 1 aromatic carbocycles. The summed E-state index contributed by atoms with van der Waals surface area (Å²) in [4.78, 5) is 4.21. The summed E-state index contributed by atoms with van der Waals surface area (Å²) < 4.78 is 7.60. The van der Waals surface area contributed by atoms with Gasteiger partial charge in [0.1, 0.15) is 18.7 Å². The third kappa shape index (κ3) is 3.74. The van der Waals surface area contributed by atoms with Gasteiger partial charge in [-0.15, -0.1) is 0 Å². The predicted octanol–water partition coefficient (Wildman–Crippen LogP) is 3.37. The van der Waals surface area contributed by atoms with Crippen LogP contribution in [0.4, 0.5) is 0 Å². The molecule has 0 bridgehead atoms. The number of benzene rings is 1. The smallest absolute Gasteiger partial charge is 0.165 e. The lowest BCUT2D eigenvalue weighted by Crippen LogP contribution is -2.12. The lowest BCUT2D eigenvalue weighted by atomic mass is 10.1. The third-order valence-corrected chi connectivity index (χ3v) is 3.68. The molecular formula is C15H21ClN4O. The average Bonchev–Trinajstić information content (AvgIpc) is 2.93. The van der Waals surface area contributed by atoms with Gasteiger partial charge in [-0.3, -0.25) is 0 Å². The average molecular weight is 309 g/mol. The molecular weight excluding hydrogens is 288 g/mol. The molecule has 0 aliphatic heterocycles. The van der Waals surface area contributed by atoms with Crippen LogP contribution in [0.1, 0.15) is 44.2 Å². The van der Waals surface area contributed by atoms with Crippen molar-refractivity contribution in [2.24, 2.45) is 0 Å². The van der Waals surface area contributed by atoms with E-state index in [1.165, 1.54) is 6.33 Å². The lowest BCUT2D eigenvalue weighted by molar-refractivity contribution is 0.282. The van der Waals surface area contributed by atoms with Crippen molar-refractivity contribution < 1.29 is 4.74 Å². The highest BCUT2D eigenvalue weighted by Gasteiger charge is 2.11. The van der Waals surface area contributed by atoms with Crippen LogP contribution in [0.3, 0.4) is 0 Å². The van der Waals surface area contributed by atoms with Gasteiger partial charge in [0.05, 0.1) is 5.02 Å². The summed E-state index contributed by atoms with van der Waals surface area (Å²) in [6.07, 6.45) is 1.54. The Morgan fingerprint density at radius 3 is 2.71 bits per heavy atom. The Labute approximate surface area is 130 Å². The van der Waals surface area contributed by atoms with Gasteiger partial charge >= 0.3 is 0 Å². The minimum absolute atomic E-state index is 0.250. The van der Waals surface area contributed by atoms with Gasteiger partial charge in [-0.1, -0.05) is 17.7 Å². The van der Waals surface area contributed by atoms with Crippen LogP contribution in [0.25, 0.3) is 0 Å². The molecule has 1 heterocycles. The van der Waals surface area contributed by atoms with Crippen molar-refractivity contribution in [2.45, 2.75) is 39.5 Å². The lowest BCUT2D eigenvalue weighted by Gasteiger charge is -2.14. The fraction of sp³-hybridized carbons (Fsp3) is 0.467. The SMILES string of the molecule is CNC(C)c1ccc(OCc2ncnn2C(C)C)c(Cl)c1. The molecule has 1 unspecified atom stereocenters. The first kappa shape index (κ1) is 15.8. The number of halogens is 1. The molecule has 0 saturated carbocycles. The van der Waals surface area contributed by atoms with E-state index >= 15 is 0 Å². The number of ether oxygens (including phenoxy) is 1. The van der Waals surface area contributed by atoms with Gasteiger partial charge in [-0.2, -0.15) is 5.10 Å². The molecule has 1 atom stereocenters. The second-order valence-electron chi connectivity index (χ2n) is 5.20. The molecule has 0 aliphatic rings. The van der Waals surface area contributed by atoms with E-state index < -0.39 is 0 Å². The number of aromatic nitrogens is 3. The molecule has 0 amide bonds. The van der Waals surface area contributed by atoms with E-state index in [2.05, 4.69) is 36.2 Å². The second kappa shape index (κ2) is 6.91. The van der Waals surface area contributed by atoms with Crippen LogP contribution in [-0.4, -0.2) is 21.8 Å². The number of nitrogens with one attached hydrogen (secondary N) is 1. The van der Waals surface area contributed by atoms with Crippen molar-refractivity contribution in [2.75, 3.05) is 7.05 Å². The molecule has 21 heavy (non-hydrogen) atoms. The van der Waals surface area contributed by atoms with E-state index in [0.717, 1.165) is 11.4 Å². The first-order chi connectivity index (χ1) is 10.0. The molecule has 0 spiro atoms. The highest BCUT2D eigenvalue weighted by Crippen LogP contribution is 2.28. The van der Waals surface area contributed by atoms with Gasteiger partial charge < -0.3 is 10.1 Å². The Bertz CT molecular complexity index is 597. The Balaban J connectivity index is 2.08. The number of rotatable bonds is 6.